The van der Waals surface area contributed by atoms with E-state index < -0.39 is 0 Å². The van der Waals surface area contributed by atoms with Crippen LogP contribution >= 0.6 is 11.3 Å². The monoisotopic (exact) mass is 314 g/mol. The van der Waals surface area contributed by atoms with E-state index in [0.29, 0.717) is 17.0 Å². The maximum absolute atomic E-state index is 11.9. The molecule has 0 saturated carbocycles. The third-order valence-corrected chi connectivity index (χ3v) is 4.31. The summed E-state index contributed by atoms with van der Waals surface area (Å²) in [4.78, 5) is 11.9. The lowest BCUT2D eigenvalue weighted by atomic mass is 10.0. The molecule has 3 N–H and O–H groups in total. The minimum atomic E-state index is -0.345. The van der Waals surface area contributed by atoms with Crippen molar-refractivity contribution in [3.8, 4) is 0 Å². The van der Waals surface area contributed by atoms with Crippen molar-refractivity contribution >= 4 is 22.5 Å². The second-order valence-electron chi connectivity index (χ2n) is 5.57. The van der Waals surface area contributed by atoms with E-state index in [1.165, 1.54) is 11.3 Å². The number of carbonyl (C=O) groups excluding carboxylic acids is 1. The highest BCUT2D eigenvalue weighted by Gasteiger charge is 2.16. The minimum Gasteiger partial charge on any atom is -0.394 e. The van der Waals surface area contributed by atoms with Crippen LogP contribution in [0.4, 0.5) is 9.93 Å². The summed E-state index contributed by atoms with van der Waals surface area (Å²) in [7, 11) is 0. The van der Waals surface area contributed by atoms with Crippen molar-refractivity contribution in [2.75, 3.05) is 11.9 Å². The second kappa shape index (κ2) is 8.94. The van der Waals surface area contributed by atoms with Crippen molar-refractivity contribution in [2.24, 2.45) is 5.92 Å². The van der Waals surface area contributed by atoms with Gasteiger partial charge in [0.15, 0.2) is 0 Å². The molecular formula is C14H26N4O2S. The molecule has 0 aliphatic carbocycles. The summed E-state index contributed by atoms with van der Waals surface area (Å²) in [6.07, 6.45) is 2.76. The Morgan fingerprint density at radius 2 is 1.95 bits per heavy atom. The summed E-state index contributed by atoms with van der Waals surface area (Å²) in [5.41, 5.74) is 0. The largest absolute Gasteiger partial charge is 0.394 e. The number of nitrogens with zero attached hydrogens (tertiary/aromatic N) is 2. The number of nitrogens with one attached hydrogen (secondary N) is 2. The lowest BCUT2D eigenvalue weighted by molar-refractivity contribution is 0.214. The molecule has 0 saturated heterocycles. The van der Waals surface area contributed by atoms with Crippen molar-refractivity contribution in [1.29, 1.82) is 0 Å². The van der Waals surface area contributed by atoms with Gasteiger partial charge in [-0.3, -0.25) is 5.32 Å². The molecule has 6 nitrogen and oxygen atoms in total. The molecule has 1 rings (SSSR count). The highest BCUT2D eigenvalue weighted by atomic mass is 32.1. The maximum Gasteiger partial charge on any atom is 0.321 e. The molecule has 0 bridgehead atoms. The summed E-state index contributed by atoms with van der Waals surface area (Å²) < 4.78 is 0. The molecule has 0 fully saturated rings. The Balaban J connectivity index is 2.54. The van der Waals surface area contributed by atoms with Gasteiger partial charge in [0, 0.05) is 5.92 Å². The third kappa shape index (κ3) is 5.97. The van der Waals surface area contributed by atoms with Gasteiger partial charge in [0.1, 0.15) is 5.01 Å². The molecule has 1 aromatic rings. The van der Waals surface area contributed by atoms with Gasteiger partial charge in [-0.05, 0) is 25.2 Å². The molecule has 21 heavy (non-hydrogen) atoms. The van der Waals surface area contributed by atoms with E-state index in [-0.39, 0.29) is 18.7 Å². The lowest BCUT2D eigenvalue weighted by Crippen LogP contribution is -2.40. The molecule has 1 atom stereocenters. The van der Waals surface area contributed by atoms with Gasteiger partial charge in [0.25, 0.3) is 0 Å². The molecule has 120 valence electrons. The van der Waals surface area contributed by atoms with Gasteiger partial charge < -0.3 is 10.4 Å². The first-order chi connectivity index (χ1) is 9.99. The Bertz CT molecular complexity index is 432. The molecular weight excluding hydrogens is 288 g/mol. The zero-order chi connectivity index (χ0) is 15.8. The number of anilines is 1. The van der Waals surface area contributed by atoms with Crippen molar-refractivity contribution in [3.63, 3.8) is 0 Å². The van der Waals surface area contributed by atoms with Gasteiger partial charge in [-0.25, -0.2) is 4.79 Å². The van der Waals surface area contributed by atoms with E-state index in [9.17, 15) is 9.90 Å². The third-order valence-electron chi connectivity index (χ3n) is 3.31. The Labute approximate surface area is 130 Å². The average Bonchev–Trinajstić information content (AvgIpc) is 2.87. The smallest absolute Gasteiger partial charge is 0.321 e. The van der Waals surface area contributed by atoms with E-state index >= 15 is 0 Å². The minimum absolute atomic E-state index is 0.0687. The van der Waals surface area contributed by atoms with Crippen LogP contribution < -0.4 is 10.6 Å². The number of amides is 2. The standard InChI is InChI=1S/C14H26N4O2S/c1-5-10(6-2)12-17-18-14(21-12)16-13(20)15-11(8-19)7-9(3)4/h9-11,19H,5-8H2,1-4H3,(H2,15,16,18,20). The number of aromatic nitrogens is 2. The summed E-state index contributed by atoms with van der Waals surface area (Å²) in [5, 5.41) is 24.3. The highest BCUT2D eigenvalue weighted by molar-refractivity contribution is 7.15. The maximum atomic E-state index is 11.9. The van der Waals surface area contributed by atoms with Crippen LogP contribution in [0.15, 0.2) is 0 Å². The zero-order valence-corrected chi connectivity index (χ0v) is 14.0. The van der Waals surface area contributed by atoms with Crippen LogP contribution in [0.3, 0.4) is 0 Å². The van der Waals surface area contributed by atoms with Crippen LogP contribution in [0.5, 0.6) is 0 Å². The number of aliphatic hydroxyl groups excluding tert-OH is 1. The number of hydrogen-bond donors (Lipinski definition) is 3. The van der Waals surface area contributed by atoms with Crippen molar-refractivity contribution in [3.05, 3.63) is 5.01 Å². The summed E-state index contributed by atoms with van der Waals surface area (Å²) in [6, 6.07) is -0.585. The molecule has 1 unspecified atom stereocenters. The topological polar surface area (TPSA) is 87.1 Å². The van der Waals surface area contributed by atoms with Crippen LogP contribution in [0, 0.1) is 5.92 Å². The van der Waals surface area contributed by atoms with Gasteiger partial charge >= 0.3 is 6.03 Å². The molecule has 1 aromatic heterocycles. The van der Waals surface area contributed by atoms with Crippen LogP contribution in [0.25, 0.3) is 0 Å². The first kappa shape index (κ1) is 17.8. The van der Waals surface area contributed by atoms with E-state index in [4.69, 9.17) is 0 Å². The quantitative estimate of drug-likeness (QED) is 0.688. The van der Waals surface area contributed by atoms with E-state index in [1.54, 1.807) is 0 Å². The van der Waals surface area contributed by atoms with E-state index in [0.717, 1.165) is 24.3 Å². The van der Waals surface area contributed by atoms with Crippen LogP contribution in [-0.2, 0) is 0 Å². The molecule has 0 spiro atoms. The van der Waals surface area contributed by atoms with Gasteiger partial charge in [0.2, 0.25) is 5.13 Å². The normalized spacial score (nSPS) is 12.7. The summed E-state index contributed by atoms with van der Waals surface area (Å²) >= 11 is 1.41. The first-order valence-electron chi connectivity index (χ1n) is 7.51. The Kier molecular flexibility index (Phi) is 7.60. The highest BCUT2D eigenvalue weighted by Crippen LogP contribution is 2.27. The Morgan fingerprint density at radius 3 is 2.48 bits per heavy atom. The summed E-state index contributed by atoms with van der Waals surface area (Å²) in [6.45, 7) is 8.27. The molecule has 0 radical (unpaired) electrons. The number of carbonyl (C=O) groups is 1. The van der Waals surface area contributed by atoms with Crippen molar-refractivity contribution in [1.82, 2.24) is 15.5 Å². The van der Waals surface area contributed by atoms with Crippen LogP contribution in [0.2, 0.25) is 0 Å². The van der Waals surface area contributed by atoms with Crippen molar-refractivity contribution in [2.45, 2.75) is 58.9 Å². The van der Waals surface area contributed by atoms with Crippen LogP contribution in [-0.4, -0.2) is 34.0 Å². The molecule has 0 aliphatic heterocycles. The number of aliphatic hydroxyl groups is 1. The first-order valence-corrected chi connectivity index (χ1v) is 8.33. The predicted molar refractivity (Wildman–Crippen MR) is 85.7 cm³/mol. The van der Waals surface area contributed by atoms with Crippen molar-refractivity contribution < 1.29 is 9.90 Å². The fourth-order valence-corrected chi connectivity index (χ4v) is 3.16. The fraction of sp³-hybridized carbons (Fsp3) is 0.786. The lowest BCUT2D eigenvalue weighted by Gasteiger charge is -2.17. The molecule has 0 aromatic carbocycles. The number of rotatable bonds is 8. The zero-order valence-electron chi connectivity index (χ0n) is 13.2. The Morgan fingerprint density at radius 1 is 1.29 bits per heavy atom. The molecule has 2 amide bonds. The van der Waals surface area contributed by atoms with Gasteiger partial charge in [-0.2, -0.15) is 0 Å². The second-order valence-corrected chi connectivity index (χ2v) is 6.58. The molecule has 1 heterocycles. The fourth-order valence-electron chi connectivity index (χ4n) is 2.15. The number of urea groups is 1. The van der Waals surface area contributed by atoms with Crippen LogP contribution in [0.1, 0.15) is 57.9 Å². The van der Waals surface area contributed by atoms with E-state index in [1.807, 2.05) is 0 Å². The number of hydrogen-bond acceptors (Lipinski definition) is 5. The van der Waals surface area contributed by atoms with Gasteiger partial charge in [-0.15, -0.1) is 10.2 Å². The van der Waals surface area contributed by atoms with Gasteiger partial charge in [-0.1, -0.05) is 39.0 Å². The SMILES string of the molecule is CCC(CC)c1nnc(NC(=O)NC(CO)CC(C)C)s1. The molecule has 0 aliphatic rings. The Hall–Kier alpha value is -1.21. The van der Waals surface area contributed by atoms with Gasteiger partial charge in [0.05, 0.1) is 12.6 Å². The molecule has 7 heteroatoms. The predicted octanol–water partition coefficient (Wildman–Crippen LogP) is 2.97. The van der Waals surface area contributed by atoms with E-state index in [2.05, 4.69) is 48.5 Å². The average molecular weight is 314 g/mol. The summed E-state index contributed by atoms with van der Waals surface area (Å²) in [5.74, 6) is 0.803.